The summed E-state index contributed by atoms with van der Waals surface area (Å²) < 4.78 is 13.4. The molecule has 0 aliphatic heterocycles. The van der Waals surface area contributed by atoms with Crippen molar-refractivity contribution in [3.8, 4) is 6.07 Å². The molecule has 15 heavy (non-hydrogen) atoms. The molecule has 0 aliphatic rings. The number of hydrogen-bond donors (Lipinski definition) is 1. The molecule has 0 aromatic heterocycles. The molecule has 2 N–H and O–H groups in total. The van der Waals surface area contributed by atoms with Crippen molar-refractivity contribution in [3.63, 3.8) is 0 Å². The lowest BCUT2D eigenvalue weighted by molar-refractivity contribution is 0.628. The molecular formula is C10H9ClFN3. The molecule has 1 rings (SSSR count). The fraction of sp³-hybridized carbons (Fsp3) is 0.200. The number of benzene rings is 1. The summed E-state index contributed by atoms with van der Waals surface area (Å²) in [6.07, 6.45) is 0.173. The molecule has 0 aliphatic carbocycles. The first-order valence-corrected chi connectivity index (χ1v) is 4.75. The van der Waals surface area contributed by atoms with Crippen molar-refractivity contribution in [3.05, 3.63) is 29.6 Å². The van der Waals surface area contributed by atoms with Crippen LogP contribution in [0.5, 0.6) is 0 Å². The molecule has 0 amide bonds. The first-order valence-electron chi connectivity index (χ1n) is 4.21. The Morgan fingerprint density at radius 2 is 2.33 bits per heavy atom. The lowest BCUT2D eigenvalue weighted by Crippen LogP contribution is -2.12. The van der Waals surface area contributed by atoms with E-state index in [1.807, 2.05) is 6.07 Å². The van der Waals surface area contributed by atoms with Crippen LogP contribution in [0.25, 0.3) is 0 Å². The second-order valence-corrected chi connectivity index (χ2v) is 3.12. The molecular weight excluding hydrogens is 217 g/mol. The monoisotopic (exact) mass is 225 g/mol. The van der Waals surface area contributed by atoms with Crippen molar-refractivity contribution in [1.82, 2.24) is 0 Å². The topological polar surface area (TPSA) is 62.2 Å². The standard InChI is InChI=1S/C10H9ClFN3/c11-6-10(14)15-9-2-1-7(3-4-13)5-8(9)12/h1-2,5H,3,6H2,(H2,14,15). The summed E-state index contributed by atoms with van der Waals surface area (Å²) in [6.45, 7) is 0. The number of alkyl halides is 1. The number of nitrogens with zero attached hydrogens (tertiary/aromatic N) is 2. The van der Waals surface area contributed by atoms with Crippen LogP contribution in [-0.2, 0) is 6.42 Å². The van der Waals surface area contributed by atoms with Gasteiger partial charge in [0.05, 0.1) is 18.4 Å². The van der Waals surface area contributed by atoms with Gasteiger partial charge < -0.3 is 5.73 Å². The highest BCUT2D eigenvalue weighted by atomic mass is 35.5. The Morgan fingerprint density at radius 1 is 1.60 bits per heavy atom. The number of nitrogens with two attached hydrogens (primary N) is 1. The summed E-state index contributed by atoms with van der Waals surface area (Å²) in [5.41, 5.74) is 6.11. The molecule has 0 saturated carbocycles. The molecule has 0 fully saturated rings. The highest BCUT2D eigenvalue weighted by molar-refractivity contribution is 6.28. The van der Waals surface area contributed by atoms with Gasteiger partial charge in [-0.25, -0.2) is 9.38 Å². The minimum atomic E-state index is -0.504. The van der Waals surface area contributed by atoms with Crippen molar-refractivity contribution in [2.45, 2.75) is 6.42 Å². The number of aliphatic imine (C=N–C) groups is 1. The Hall–Kier alpha value is -1.60. The Kier molecular flexibility index (Phi) is 4.07. The van der Waals surface area contributed by atoms with E-state index < -0.39 is 5.82 Å². The van der Waals surface area contributed by atoms with Crippen LogP contribution in [0.2, 0.25) is 0 Å². The minimum Gasteiger partial charge on any atom is -0.386 e. The van der Waals surface area contributed by atoms with Crippen molar-refractivity contribution in [1.29, 1.82) is 5.26 Å². The zero-order valence-electron chi connectivity index (χ0n) is 7.87. The molecule has 1 aromatic rings. The van der Waals surface area contributed by atoms with Crippen LogP contribution >= 0.6 is 11.6 Å². The maximum absolute atomic E-state index is 13.4. The van der Waals surface area contributed by atoms with E-state index in [2.05, 4.69) is 4.99 Å². The molecule has 78 valence electrons. The second-order valence-electron chi connectivity index (χ2n) is 2.86. The molecule has 0 saturated heterocycles. The van der Waals surface area contributed by atoms with Crippen LogP contribution in [-0.4, -0.2) is 11.7 Å². The molecule has 0 heterocycles. The number of hydrogen-bond acceptors (Lipinski definition) is 2. The summed E-state index contributed by atoms with van der Waals surface area (Å²) >= 11 is 5.41. The van der Waals surface area contributed by atoms with E-state index in [1.165, 1.54) is 12.1 Å². The summed E-state index contributed by atoms with van der Waals surface area (Å²) in [5, 5.41) is 8.43. The Morgan fingerprint density at radius 3 is 2.87 bits per heavy atom. The van der Waals surface area contributed by atoms with Gasteiger partial charge in [0, 0.05) is 0 Å². The van der Waals surface area contributed by atoms with Crippen LogP contribution in [0.15, 0.2) is 23.2 Å². The summed E-state index contributed by atoms with van der Waals surface area (Å²) in [7, 11) is 0. The van der Waals surface area contributed by atoms with Gasteiger partial charge in [0.2, 0.25) is 0 Å². The fourth-order valence-corrected chi connectivity index (χ4v) is 1.09. The Labute approximate surface area is 92.0 Å². The van der Waals surface area contributed by atoms with E-state index in [-0.39, 0.29) is 23.8 Å². The van der Waals surface area contributed by atoms with Gasteiger partial charge in [-0.1, -0.05) is 6.07 Å². The largest absolute Gasteiger partial charge is 0.386 e. The van der Waals surface area contributed by atoms with Gasteiger partial charge >= 0.3 is 0 Å². The molecule has 1 aromatic carbocycles. The van der Waals surface area contributed by atoms with Gasteiger partial charge in [-0.2, -0.15) is 5.26 Å². The maximum Gasteiger partial charge on any atom is 0.149 e. The average Bonchev–Trinajstić information content (AvgIpc) is 2.22. The van der Waals surface area contributed by atoms with Crippen LogP contribution in [0.1, 0.15) is 5.56 Å². The average molecular weight is 226 g/mol. The number of amidine groups is 1. The third-order valence-corrected chi connectivity index (χ3v) is 1.97. The SMILES string of the molecule is N#CCc1ccc(N=C(N)CCl)c(F)c1. The van der Waals surface area contributed by atoms with Gasteiger partial charge in [0.25, 0.3) is 0 Å². The molecule has 0 atom stereocenters. The molecule has 3 nitrogen and oxygen atoms in total. The predicted octanol–water partition coefficient (Wildman–Crippen LogP) is 2.12. The highest BCUT2D eigenvalue weighted by Crippen LogP contribution is 2.19. The predicted molar refractivity (Wildman–Crippen MR) is 57.7 cm³/mol. The van der Waals surface area contributed by atoms with E-state index in [9.17, 15) is 4.39 Å². The van der Waals surface area contributed by atoms with Crippen molar-refractivity contribution in [2.75, 3.05) is 5.88 Å². The van der Waals surface area contributed by atoms with E-state index in [1.54, 1.807) is 6.07 Å². The van der Waals surface area contributed by atoms with Gasteiger partial charge in [0.1, 0.15) is 17.3 Å². The smallest absolute Gasteiger partial charge is 0.149 e. The maximum atomic E-state index is 13.4. The molecule has 0 spiro atoms. The molecule has 0 bridgehead atoms. The van der Waals surface area contributed by atoms with Crippen molar-refractivity contribution in [2.24, 2.45) is 10.7 Å². The van der Waals surface area contributed by atoms with Crippen molar-refractivity contribution < 1.29 is 4.39 Å². The summed E-state index contributed by atoms with van der Waals surface area (Å²) in [5.74, 6) is -0.293. The van der Waals surface area contributed by atoms with E-state index >= 15 is 0 Å². The van der Waals surface area contributed by atoms with E-state index in [0.29, 0.717) is 5.56 Å². The van der Waals surface area contributed by atoms with E-state index in [4.69, 9.17) is 22.6 Å². The summed E-state index contributed by atoms with van der Waals surface area (Å²) in [6, 6.07) is 6.31. The fourth-order valence-electron chi connectivity index (χ4n) is 1.03. The first-order chi connectivity index (χ1) is 7.17. The minimum absolute atomic E-state index is 0.0549. The zero-order valence-corrected chi connectivity index (χ0v) is 8.63. The Balaban J connectivity index is 2.99. The summed E-state index contributed by atoms with van der Waals surface area (Å²) in [4.78, 5) is 3.78. The van der Waals surface area contributed by atoms with E-state index in [0.717, 1.165) is 0 Å². The number of rotatable bonds is 3. The molecule has 0 unspecified atom stereocenters. The van der Waals surface area contributed by atoms with Gasteiger partial charge in [0.15, 0.2) is 0 Å². The van der Waals surface area contributed by atoms with Crippen molar-refractivity contribution >= 4 is 23.1 Å². The normalized spacial score (nSPS) is 11.1. The molecule has 5 heteroatoms. The van der Waals surface area contributed by atoms with Crippen LogP contribution in [0.4, 0.5) is 10.1 Å². The highest BCUT2D eigenvalue weighted by Gasteiger charge is 2.02. The van der Waals surface area contributed by atoms with Crippen LogP contribution in [0, 0.1) is 17.1 Å². The van der Waals surface area contributed by atoms with Gasteiger partial charge in [-0.15, -0.1) is 11.6 Å². The lowest BCUT2D eigenvalue weighted by Gasteiger charge is -2.00. The van der Waals surface area contributed by atoms with Gasteiger partial charge in [-0.3, -0.25) is 0 Å². The first kappa shape index (κ1) is 11.5. The lowest BCUT2D eigenvalue weighted by atomic mass is 10.1. The molecule has 0 radical (unpaired) electrons. The Bertz CT molecular complexity index is 423. The van der Waals surface area contributed by atoms with Gasteiger partial charge in [-0.05, 0) is 17.7 Å². The second kappa shape index (κ2) is 5.32. The number of nitriles is 1. The quantitative estimate of drug-likeness (QED) is 0.487. The zero-order chi connectivity index (χ0) is 11.3. The van der Waals surface area contributed by atoms with Crippen LogP contribution < -0.4 is 5.73 Å². The van der Waals surface area contributed by atoms with Crippen LogP contribution in [0.3, 0.4) is 0 Å². The third-order valence-electron chi connectivity index (χ3n) is 1.70. The third kappa shape index (κ3) is 3.22. The number of halogens is 2.